The molecule has 1 rings (SSSR count). The minimum absolute atomic E-state index is 0.259. The van der Waals surface area contributed by atoms with Gasteiger partial charge in [0.1, 0.15) is 5.82 Å². The summed E-state index contributed by atoms with van der Waals surface area (Å²) >= 11 is 1.31. The molecule has 7 heteroatoms. The number of nitrogens with zero attached hydrogens (tertiary/aromatic N) is 4. The molecular weight excluding hydrogens is 214 g/mol. The van der Waals surface area contributed by atoms with E-state index in [2.05, 4.69) is 10.2 Å². The minimum Gasteiger partial charge on any atom is -0.370 e. The quantitative estimate of drug-likeness (QED) is 0.703. The van der Waals surface area contributed by atoms with Crippen molar-refractivity contribution in [1.82, 2.24) is 14.8 Å². The highest BCUT2D eigenvalue weighted by atomic mass is 32.2. The van der Waals surface area contributed by atoms with Crippen LogP contribution in [0.5, 0.6) is 0 Å². The number of nitriles is 1. The monoisotopic (exact) mass is 225 g/mol. The first-order valence-corrected chi connectivity index (χ1v) is 5.30. The maximum atomic E-state index is 10.6. The fraction of sp³-hybridized carbons (Fsp3) is 0.500. The fourth-order valence-electron chi connectivity index (χ4n) is 1.02. The van der Waals surface area contributed by atoms with Crippen LogP contribution >= 0.6 is 11.8 Å². The maximum Gasteiger partial charge on any atom is 0.217 e. The van der Waals surface area contributed by atoms with Crippen LogP contribution in [0.4, 0.5) is 0 Å². The van der Waals surface area contributed by atoms with E-state index >= 15 is 0 Å². The molecule has 1 aromatic rings. The van der Waals surface area contributed by atoms with Crippen LogP contribution in [0.15, 0.2) is 5.16 Å². The van der Waals surface area contributed by atoms with E-state index in [0.29, 0.717) is 23.2 Å². The topological polar surface area (TPSA) is 97.6 Å². The zero-order valence-corrected chi connectivity index (χ0v) is 9.12. The molecule has 6 nitrogen and oxygen atoms in total. The van der Waals surface area contributed by atoms with Crippen molar-refractivity contribution in [3.05, 3.63) is 5.82 Å². The van der Waals surface area contributed by atoms with Crippen molar-refractivity contribution < 1.29 is 4.79 Å². The summed E-state index contributed by atoms with van der Waals surface area (Å²) in [5, 5.41) is 16.9. The summed E-state index contributed by atoms with van der Waals surface area (Å²) in [5.74, 6) is 0.681. The van der Waals surface area contributed by atoms with Crippen molar-refractivity contribution in [1.29, 1.82) is 5.26 Å². The molecule has 0 aliphatic rings. The molecule has 0 aromatic carbocycles. The van der Waals surface area contributed by atoms with E-state index in [4.69, 9.17) is 11.0 Å². The largest absolute Gasteiger partial charge is 0.370 e. The van der Waals surface area contributed by atoms with Gasteiger partial charge >= 0.3 is 0 Å². The molecule has 0 unspecified atom stereocenters. The van der Waals surface area contributed by atoms with Gasteiger partial charge < -0.3 is 10.3 Å². The number of thioether (sulfide) groups is 1. The van der Waals surface area contributed by atoms with Crippen LogP contribution in [-0.2, 0) is 18.3 Å². The van der Waals surface area contributed by atoms with Gasteiger partial charge in [0.2, 0.25) is 5.91 Å². The molecule has 0 radical (unpaired) electrons. The van der Waals surface area contributed by atoms with Gasteiger partial charge in [-0.15, -0.1) is 10.2 Å². The third-order valence-electron chi connectivity index (χ3n) is 1.79. The van der Waals surface area contributed by atoms with E-state index in [1.807, 2.05) is 6.07 Å². The Morgan fingerprint density at radius 3 is 3.00 bits per heavy atom. The lowest BCUT2D eigenvalue weighted by atomic mass is 10.3. The number of amides is 1. The van der Waals surface area contributed by atoms with Crippen LogP contribution in [0.3, 0.4) is 0 Å². The molecule has 1 heterocycles. The normalized spacial score (nSPS) is 9.87. The molecule has 1 aromatic heterocycles. The smallest absolute Gasteiger partial charge is 0.217 e. The second-order valence-corrected chi connectivity index (χ2v) is 3.81. The Morgan fingerprint density at radius 1 is 1.67 bits per heavy atom. The molecule has 0 aliphatic heterocycles. The van der Waals surface area contributed by atoms with Gasteiger partial charge in [0.25, 0.3) is 0 Å². The van der Waals surface area contributed by atoms with Gasteiger partial charge in [0.15, 0.2) is 5.16 Å². The summed E-state index contributed by atoms with van der Waals surface area (Å²) in [4.78, 5) is 10.6. The second-order valence-electron chi connectivity index (χ2n) is 2.87. The molecule has 0 aliphatic carbocycles. The number of nitrogens with two attached hydrogens (primary N) is 1. The first kappa shape index (κ1) is 11.5. The van der Waals surface area contributed by atoms with E-state index in [0.717, 1.165) is 0 Å². The van der Waals surface area contributed by atoms with E-state index in [1.54, 1.807) is 11.6 Å². The van der Waals surface area contributed by atoms with Gasteiger partial charge in [-0.2, -0.15) is 5.26 Å². The molecule has 0 bridgehead atoms. The number of carbonyl (C=O) groups excluding carboxylic acids is 1. The van der Waals surface area contributed by atoms with E-state index in [9.17, 15) is 4.79 Å². The van der Waals surface area contributed by atoms with Gasteiger partial charge in [0.05, 0.1) is 11.8 Å². The maximum absolute atomic E-state index is 10.6. The van der Waals surface area contributed by atoms with E-state index in [1.165, 1.54) is 11.8 Å². The van der Waals surface area contributed by atoms with Gasteiger partial charge in [0, 0.05) is 19.9 Å². The minimum atomic E-state index is -0.357. The number of rotatable bonds is 5. The van der Waals surface area contributed by atoms with Crippen molar-refractivity contribution in [2.45, 2.75) is 18.0 Å². The van der Waals surface area contributed by atoms with E-state index < -0.39 is 0 Å². The summed E-state index contributed by atoms with van der Waals surface area (Å²) < 4.78 is 1.77. The first-order valence-electron chi connectivity index (χ1n) is 4.31. The molecule has 0 fully saturated rings. The molecule has 0 saturated carbocycles. The number of primary amides is 1. The summed E-state index contributed by atoms with van der Waals surface area (Å²) in [5.41, 5.74) is 5.03. The summed E-state index contributed by atoms with van der Waals surface area (Å²) in [6.07, 6.45) is 0.737. The zero-order valence-electron chi connectivity index (χ0n) is 8.30. The lowest BCUT2D eigenvalue weighted by Crippen LogP contribution is -2.12. The van der Waals surface area contributed by atoms with Gasteiger partial charge in [-0.25, -0.2) is 0 Å². The van der Waals surface area contributed by atoms with Gasteiger partial charge in [-0.1, -0.05) is 11.8 Å². The van der Waals surface area contributed by atoms with Crippen molar-refractivity contribution in [2.24, 2.45) is 12.8 Å². The summed E-state index contributed by atoms with van der Waals surface area (Å²) in [6.45, 7) is 0. The van der Waals surface area contributed by atoms with Crippen molar-refractivity contribution in [3.63, 3.8) is 0 Å². The highest BCUT2D eigenvalue weighted by Gasteiger charge is 2.09. The molecule has 15 heavy (non-hydrogen) atoms. The van der Waals surface area contributed by atoms with E-state index in [-0.39, 0.29) is 12.3 Å². The Morgan fingerprint density at radius 2 is 2.40 bits per heavy atom. The first-order chi connectivity index (χ1) is 7.15. The van der Waals surface area contributed by atoms with Crippen molar-refractivity contribution in [3.8, 4) is 6.07 Å². The number of hydrogen-bond acceptors (Lipinski definition) is 5. The standard InChI is InChI=1S/C8H11N5OS/c1-13-7(3-2-6(10)14)11-12-8(13)15-5-4-9/h2-3,5H2,1H3,(H2,10,14). The van der Waals surface area contributed by atoms with Crippen LogP contribution < -0.4 is 5.73 Å². The van der Waals surface area contributed by atoms with Crippen molar-refractivity contribution >= 4 is 17.7 Å². The SMILES string of the molecule is Cn1c(CCC(N)=O)nnc1SCC#N. The highest BCUT2D eigenvalue weighted by molar-refractivity contribution is 7.99. The average molecular weight is 225 g/mol. The molecular formula is C8H11N5OS. The molecule has 1 amide bonds. The number of carbonyl (C=O) groups is 1. The van der Waals surface area contributed by atoms with Gasteiger partial charge in [-0.3, -0.25) is 4.79 Å². The second kappa shape index (κ2) is 5.36. The highest BCUT2D eigenvalue weighted by Crippen LogP contribution is 2.15. The lowest BCUT2D eigenvalue weighted by Gasteiger charge is -2.00. The van der Waals surface area contributed by atoms with Crippen LogP contribution in [0.25, 0.3) is 0 Å². The summed E-state index contributed by atoms with van der Waals surface area (Å²) in [6, 6.07) is 2.01. The molecule has 2 N–H and O–H groups in total. The third kappa shape index (κ3) is 3.25. The Balaban J connectivity index is 2.63. The zero-order chi connectivity index (χ0) is 11.3. The molecule has 0 saturated heterocycles. The third-order valence-corrected chi connectivity index (χ3v) is 2.67. The molecule has 0 atom stereocenters. The fourth-order valence-corrected chi connectivity index (χ4v) is 1.61. The Labute approximate surface area is 91.5 Å². The predicted octanol–water partition coefficient (Wildman–Crippen LogP) is -0.151. The van der Waals surface area contributed by atoms with Crippen LogP contribution in [0, 0.1) is 11.3 Å². The van der Waals surface area contributed by atoms with Crippen LogP contribution in [-0.4, -0.2) is 26.4 Å². The summed E-state index contributed by atoms with van der Waals surface area (Å²) in [7, 11) is 1.80. The Bertz CT molecular complexity index is 394. The van der Waals surface area contributed by atoms with Crippen LogP contribution in [0.1, 0.15) is 12.2 Å². The van der Waals surface area contributed by atoms with Gasteiger partial charge in [-0.05, 0) is 0 Å². The molecule has 80 valence electrons. The Hall–Kier alpha value is -1.55. The predicted molar refractivity (Wildman–Crippen MR) is 54.9 cm³/mol. The average Bonchev–Trinajstić information content (AvgIpc) is 2.54. The molecule has 0 spiro atoms. The number of hydrogen-bond donors (Lipinski definition) is 1. The lowest BCUT2D eigenvalue weighted by molar-refractivity contribution is -0.118. The van der Waals surface area contributed by atoms with Crippen LogP contribution in [0.2, 0.25) is 0 Å². The Kier molecular flexibility index (Phi) is 4.12. The van der Waals surface area contributed by atoms with Crippen molar-refractivity contribution in [2.75, 3.05) is 5.75 Å². The number of aromatic nitrogens is 3. The number of aryl methyl sites for hydroxylation is 1.